The van der Waals surface area contributed by atoms with Crippen molar-refractivity contribution < 1.29 is 0 Å². The van der Waals surface area contributed by atoms with E-state index in [2.05, 4.69) is 27.0 Å². The molecule has 0 spiro atoms. The number of allylic oxidation sites excluding steroid dienone is 2. The van der Waals surface area contributed by atoms with Crippen molar-refractivity contribution in [1.29, 1.82) is 0 Å². The second kappa shape index (κ2) is 6.21. The molecular weight excluding hydrogens is 132 g/mol. The van der Waals surface area contributed by atoms with Crippen LogP contribution in [0.4, 0.5) is 0 Å². The van der Waals surface area contributed by atoms with Crippen molar-refractivity contribution in [1.82, 2.24) is 0 Å². The third-order valence-corrected chi connectivity index (χ3v) is 2.06. The highest BCUT2D eigenvalue weighted by Crippen LogP contribution is 2.13. The van der Waals surface area contributed by atoms with Crippen LogP contribution in [-0.2, 0) is 0 Å². The van der Waals surface area contributed by atoms with Crippen LogP contribution in [0.1, 0.15) is 46.0 Å². The van der Waals surface area contributed by atoms with Crippen LogP contribution in [0.5, 0.6) is 0 Å². The van der Waals surface area contributed by atoms with Gasteiger partial charge in [-0.25, -0.2) is 0 Å². The molecule has 0 aliphatic carbocycles. The van der Waals surface area contributed by atoms with E-state index < -0.39 is 0 Å². The Morgan fingerprint density at radius 2 is 1.27 bits per heavy atom. The SMILES string of the molecule is C=C(CC)CCCC(=C)CC. The normalized spacial score (nSPS) is 9.64. The Kier molecular flexibility index (Phi) is 5.91. The summed E-state index contributed by atoms with van der Waals surface area (Å²) in [6, 6.07) is 0. The Hall–Kier alpha value is -0.520. The Balaban J connectivity index is 3.27. The lowest BCUT2D eigenvalue weighted by atomic mass is 10.0. The van der Waals surface area contributed by atoms with E-state index in [1.54, 1.807) is 0 Å². The van der Waals surface area contributed by atoms with E-state index in [4.69, 9.17) is 0 Å². The zero-order chi connectivity index (χ0) is 8.69. The molecule has 0 aliphatic heterocycles. The van der Waals surface area contributed by atoms with Gasteiger partial charge in [-0.2, -0.15) is 0 Å². The predicted molar refractivity (Wildman–Crippen MR) is 52.7 cm³/mol. The van der Waals surface area contributed by atoms with Crippen molar-refractivity contribution >= 4 is 0 Å². The maximum Gasteiger partial charge on any atom is -0.0320 e. The molecular formula is C11H20. The quantitative estimate of drug-likeness (QED) is 0.503. The molecule has 0 radical (unpaired) electrons. The van der Waals surface area contributed by atoms with Gasteiger partial charge in [-0.15, -0.1) is 0 Å². The molecule has 0 heteroatoms. The molecule has 0 fully saturated rings. The van der Waals surface area contributed by atoms with Gasteiger partial charge >= 0.3 is 0 Å². The van der Waals surface area contributed by atoms with Crippen molar-refractivity contribution in [2.24, 2.45) is 0 Å². The average Bonchev–Trinajstić information content (AvgIpc) is 2.04. The smallest absolute Gasteiger partial charge is 0.0320 e. The lowest BCUT2D eigenvalue weighted by Gasteiger charge is -2.03. The van der Waals surface area contributed by atoms with Gasteiger partial charge in [-0.3, -0.25) is 0 Å². The van der Waals surface area contributed by atoms with Gasteiger partial charge in [-0.1, -0.05) is 38.2 Å². The molecule has 0 nitrogen and oxygen atoms in total. The lowest BCUT2D eigenvalue weighted by molar-refractivity contribution is 0.766. The van der Waals surface area contributed by atoms with Crippen LogP contribution in [0.25, 0.3) is 0 Å². The summed E-state index contributed by atoms with van der Waals surface area (Å²) in [7, 11) is 0. The molecule has 0 unspecified atom stereocenters. The summed E-state index contributed by atoms with van der Waals surface area (Å²) in [6.07, 6.45) is 5.83. The van der Waals surface area contributed by atoms with Gasteiger partial charge in [0, 0.05) is 0 Å². The Morgan fingerprint density at radius 1 is 0.909 bits per heavy atom. The van der Waals surface area contributed by atoms with Crippen molar-refractivity contribution in [3.63, 3.8) is 0 Å². The second-order valence-corrected chi connectivity index (χ2v) is 3.06. The molecule has 0 saturated heterocycles. The summed E-state index contributed by atoms with van der Waals surface area (Å²) < 4.78 is 0. The van der Waals surface area contributed by atoms with Crippen LogP contribution >= 0.6 is 0 Å². The summed E-state index contributed by atoms with van der Waals surface area (Å²) in [5.74, 6) is 0. The second-order valence-electron chi connectivity index (χ2n) is 3.06. The van der Waals surface area contributed by atoms with E-state index >= 15 is 0 Å². The minimum absolute atomic E-state index is 1.12. The molecule has 0 atom stereocenters. The highest BCUT2D eigenvalue weighted by atomic mass is 14.0. The topological polar surface area (TPSA) is 0 Å². The van der Waals surface area contributed by atoms with Gasteiger partial charge in [0.05, 0.1) is 0 Å². The van der Waals surface area contributed by atoms with Crippen LogP contribution in [0.2, 0.25) is 0 Å². The maximum atomic E-state index is 3.97. The van der Waals surface area contributed by atoms with Crippen LogP contribution in [0.3, 0.4) is 0 Å². The first-order chi connectivity index (χ1) is 5.20. The van der Waals surface area contributed by atoms with Gasteiger partial charge in [0.1, 0.15) is 0 Å². The molecule has 0 aromatic heterocycles. The molecule has 0 amide bonds. The zero-order valence-corrected chi connectivity index (χ0v) is 7.95. The van der Waals surface area contributed by atoms with Crippen LogP contribution < -0.4 is 0 Å². The summed E-state index contributed by atoms with van der Waals surface area (Å²) in [5, 5.41) is 0. The fraction of sp³-hybridized carbons (Fsp3) is 0.636. The van der Waals surface area contributed by atoms with E-state index in [-0.39, 0.29) is 0 Å². The minimum Gasteiger partial charge on any atom is -0.0999 e. The number of hydrogen-bond acceptors (Lipinski definition) is 0. The van der Waals surface area contributed by atoms with Gasteiger partial charge in [0.25, 0.3) is 0 Å². The molecule has 0 bridgehead atoms. The van der Waals surface area contributed by atoms with E-state index in [0.29, 0.717) is 0 Å². The van der Waals surface area contributed by atoms with Crippen LogP contribution in [-0.4, -0.2) is 0 Å². The summed E-state index contributed by atoms with van der Waals surface area (Å²) in [5.41, 5.74) is 2.74. The van der Waals surface area contributed by atoms with E-state index in [1.807, 2.05) is 0 Å². The molecule has 0 aromatic rings. The van der Waals surface area contributed by atoms with Gasteiger partial charge in [0.2, 0.25) is 0 Å². The highest BCUT2D eigenvalue weighted by molar-refractivity contribution is 4.96. The van der Waals surface area contributed by atoms with E-state index in [9.17, 15) is 0 Å². The summed E-state index contributed by atoms with van der Waals surface area (Å²) in [4.78, 5) is 0. The van der Waals surface area contributed by atoms with Gasteiger partial charge < -0.3 is 0 Å². The zero-order valence-electron chi connectivity index (χ0n) is 7.95. The molecule has 0 aromatic carbocycles. The Bertz CT molecular complexity index is 115. The standard InChI is InChI=1S/C11H20/c1-5-10(3)8-7-9-11(4)6-2/h3-9H2,1-2H3. The van der Waals surface area contributed by atoms with Crippen molar-refractivity contribution in [3.05, 3.63) is 24.3 Å². The van der Waals surface area contributed by atoms with Gasteiger partial charge in [0.15, 0.2) is 0 Å². The van der Waals surface area contributed by atoms with Gasteiger partial charge in [-0.05, 0) is 32.1 Å². The van der Waals surface area contributed by atoms with Crippen LogP contribution in [0, 0.1) is 0 Å². The molecule has 0 saturated carbocycles. The summed E-state index contributed by atoms with van der Waals surface area (Å²) in [6.45, 7) is 12.3. The monoisotopic (exact) mass is 152 g/mol. The fourth-order valence-electron chi connectivity index (χ4n) is 0.942. The average molecular weight is 152 g/mol. The highest BCUT2D eigenvalue weighted by Gasteiger charge is 1.93. The lowest BCUT2D eigenvalue weighted by Crippen LogP contribution is -1.83. The predicted octanol–water partition coefficient (Wildman–Crippen LogP) is 4.09. The molecule has 0 heterocycles. The molecule has 64 valence electrons. The molecule has 11 heavy (non-hydrogen) atoms. The first-order valence-corrected chi connectivity index (χ1v) is 4.54. The fourth-order valence-corrected chi connectivity index (χ4v) is 0.942. The van der Waals surface area contributed by atoms with E-state index in [1.165, 1.54) is 30.4 Å². The molecule has 0 rings (SSSR count). The third-order valence-electron chi connectivity index (χ3n) is 2.06. The van der Waals surface area contributed by atoms with E-state index in [0.717, 1.165) is 12.8 Å². The van der Waals surface area contributed by atoms with Crippen molar-refractivity contribution in [2.75, 3.05) is 0 Å². The third kappa shape index (κ3) is 5.90. The largest absolute Gasteiger partial charge is 0.0999 e. The van der Waals surface area contributed by atoms with Crippen LogP contribution in [0.15, 0.2) is 24.3 Å². The molecule has 0 N–H and O–H groups in total. The minimum atomic E-state index is 1.12. The number of hydrogen-bond donors (Lipinski definition) is 0. The first kappa shape index (κ1) is 10.5. The number of rotatable bonds is 6. The Labute approximate surface area is 71.0 Å². The Morgan fingerprint density at radius 3 is 1.55 bits per heavy atom. The van der Waals surface area contributed by atoms with Crippen molar-refractivity contribution in [3.8, 4) is 0 Å². The summed E-state index contributed by atoms with van der Waals surface area (Å²) >= 11 is 0. The first-order valence-electron chi connectivity index (χ1n) is 4.54. The van der Waals surface area contributed by atoms with Crippen molar-refractivity contribution in [2.45, 2.75) is 46.0 Å². The maximum absolute atomic E-state index is 3.97. The molecule has 0 aliphatic rings.